The van der Waals surface area contributed by atoms with Gasteiger partial charge in [0, 0.05) is 17.2 Å². The summed E-state index contributed by atoms with van der Waals surface area (Å²) in [5.74, 6) is 3.03. The van der Waals surface area contributed by atoms with Gasteiger partial charge in [-0.1, -0.05) is 46.7 Å². The maximum absolute atomic E-state index is 5.37. The molecule has 0 aliphatic carbocycles. The number of hydrogen-bond donors (Lipinski definition) is 1. The van der Waals surface area contributed by atoms with Crippen molar-refractivity contribution in [2.75, 3.05) is 6.54 Å². The minimum Gasteiger partial charge on any atom is -0.339 e. The van der Waals surface area contributed by atoms with E-state index in [1.807, 2.05) is 11.8 Å². The molecule has 5 heteroatoms. The van der Waals surface area contributed by atoms with Gasteiger partial charge in [0.25, 0.3) is 0 Å². The molecule has 116 valence electrons. The van der Waals surface area contributed by atoms with Crippen molar-refractivity contribution in [3.05, 3.63) is 11.7 Å². The summed E-state index contributed by atoms with van der Waals surface area (Å²) in [5.41, 5.74) is 0. The Hall–Kier alpha value is -0.550. The van der Waals surface area contributed by atoms with Gasteiger partial charge in [0.1, 0.15) is 0 Å². The van der Waals surface area contributed by atoms with Gasteiger partial charge in [-0.15, -0.1) is 11.8 Å². The van der Waals surface area contributed by atoms with Crippen LogP contribution in [0.4, 0.5) is 0 Å². The summed E-state index contributed by atoms with van der Waals surface area (Å²) in [6.45, 7) is 14.2. The van der Waals surface area contributed by atoms with Gasteiger partial charge in [-0.3, -0.25) is 0 Å². The van der Waals surface area contributed by atoms with Crippen LogP contribution in [0.1, 0.15) is 59.7 Å². The average Bonchev–Trinajstić information content (AvgIpc) is 2.73. The van der Waals surface area contributed by atoms with Crippen molar-refractivity contribution in [3.63, 3.8) is 0 Å². The lowest BCUT2D eigenvalue weighted by Gasteiger charge is -2.17. The van der Waals surface area contributed by atoms with E-state index < -0.39 is 0 Å². The first-order valence-corrected chi connectivity index (χ1v) is 8.47. The van der Waals surface area contributed by atoms with Crippen molar-refractivity contribution >= 4 is 11.8 Å². The van der Waals surface area contributed by atoms with Crippen molar-refractivity contribution in [2.24, 2.45) is 5.92 Å². The lowest BCUT2D eigenvalue weighted by molar-refractivity contribution is 0.338. The van der Waals surface area contributed by atoms with Crippen LogP contribution in [0, 0.1) is 5.92 Å². The summed E-state index contributed by atoms with van der Waals surface area (Å²) in [6, 6.07) is 0.420. The smallest absolute Gasteiger partial charge is 0.228 e. The van der Waals surface area contributed by atoms with Crippen LogP contribution >= 0.6 is 11.8 Å². The molecule has 20 heavy (non-hydrogen) atoms. The molecule has 0 amide bonds. The van der Waals surface area contributed by atoms with Gasteiger partial charge < -0.3 is 9.84 Å². The molecule has 0 saturated heterocycles. The molecule has 4 nitrogen and oxygen atoms in total. The van der Waals surface area contributed by atoms with Crippen molar-refractivity contribution in [1.29, 1.82) is 0 Å². The van der Waals surface area contributed by atoms with E-state index in [4.69, 9.17) is 4.52 Å². The number of nitrogens with one attached hydrogen (secondary N) is 1. The van der Waals surface area contributed by atoms with E-state index in [0.717, 1.165) is 36.9 Å². The van der Waals surface area contributed by atoms with Crippen LogP contribution in [0.2, 0.25) is 0 Å². The third-order valence-electron chi connectivity index (χ3n) is 2.81. The molecule has 1 aromatic heterocycles. The van der Waals surface area contributed by atoms with Gasteiger partial charge in [-0.05, 0) is 18.9 Å². The second-order valence-corrected chi connectivity index (χ2v) is 8.40. The molecule has 1 heterocycles. The third-order valence-corrected chi connectivity index (χ3v) is 4.08. The standard InChI is InChI=1S/C15H29N3OS/c1-7-16-12(8-11(2)3)9-14-17-13(18-19-14)10-20-15(4,5)6/h11-12,16H,7-10H2,1-6H3. The first-order valence-electron chi connectivity index (χ1n) is 7.49. The maximum Gasteiger partial charge on any atom is 0.228 e. The zero-order valence-electron chi connectivity index (χ0n) is 13.7. The summed E-state index contributed by atoms with van der Waals surface area (Å²) < 4.78 is 5.60. The van der Waals surface area contributed by atoms with Crippen molar-refractivity contribution in [1.82, 2.24) is 15.5 Å². The largest absolute Gasteiger partial charge is 0.339 e. The molecule has 0 bridgehead atoms. The van der Waals surface area contributed by atoms with E-state index in [0.29, 0.717) is 12.0 Å². The van der Waals surface area contributed by atoms with Crippen LogP contribution in [-0.4, -0.2) is 27.5 Å². The molecule has 0 radical (unpaired) electrons. The molecule has 1 atom stereocenters. The Morgan fingerprint density at radius 3 is 2.55 bits per heavy atom. The summed E-state index contributed by atoms with van der Waals surface area (Å²) in [6.07, 6.45) is 1.95. The number of hydrogen-bond acceptors (Lipinski definition) is 5. The Balaban J connectivity index is 2.52. The second kappa shape index (κ2) is 8.03. The fourth-order valence-electron chi connectivity index (χ4n) is 2.02. The van der Waals surface area contributed by atoms with Crippen LogP contribution in [0.3, 0.4) is 0 Å². The summed E-state index contributed by atoms with van der Waals surface area (Å²) in [7, 11) is 0. The Morgan fingerprint density at radius 2 is 2.00 bits per heavy atom. The highest BCUT2D eigenvalue weighted by Gasteiger charge is 2.17. The number of likely N-dealkylation sites (N-methyl/N-ethyl adjacent to an activating group) is 1. The highest BCUT2D eigenvalue weighted by atomic mass is 32.2. The van der Waals surface area contributed by atoms with Crippen molar-refractivity contribution in [3.8, 4) is 0 Å². The van der Waals surface area contributed by atoms with Crippen LogP contribution in [0.25, 0.3) is 0 Å². The van der Waals surface area contributed by atoms with E-state index in [9.17, 15) is 0 Å². The Kier molecular flexibility index (Phi) is 7.03. The fraction of sp³-hybridized carbons (Fsp3) is 0.867. The SMILES string of the molecule is CCNC(Cc1nc(CSC(C)(C)C)no1)CC(C)C. The molecule has 0 aliphatic heterocycles. The van der Waals surface area contributed by atoms with Gasteiger partial charge in [0.05, 0.1) is 5.75 Å². The lowest BCUT2D eigenvalue weighted by Crippen LogP contribution is -2.32. The molecule has 1 unspecified atom stereocenters. The second-order valence-electron chi connectivity index (χ2n) is 6.59. The average molecular weight is 299 g/mol. The predicted octanol–water partition coefficient (Wildman–Crippen LogP) is 3.67. The molecule has 0 aliphatic rings. The maximum atomic E-state index is 5.37. The Labute approximate surface area is 127 Å². The monoisotopic (exact) mass is 299 g/mol. The van der Waals surface area contributed by atoms with Crippen LogP contribution in [-0.2, 0) is 12.2 Å². The van der Waals surface area contributed by atoms with Gasteiger partial charge in [-0.2, -0.15) is 4.98 Å². The fourth-order valence-corrected chi connectivity index (χ4v) is 2.70. The third kappa shape index (κ3) is 7.29. The molecule has 1 rings (SSSR count). The van der Waals surface area contributed by atoms with Gasteiger partial charge in [0.15, 0.2) is 5.82 Å². The summed E-state index contributed by atoms with van der Waals surface area (Å²) in [5, 5.41) is 7.57. The molecule has 0 fully saturated rings. The van der Waals surface area contributed by atoms with Crippen LogP contribution in [0.5, 0.6) is 0 Å². The molecule has 1 N–H and O–H groups in total. The van der Waals surface area contributed by atoms with E-state index >= 15 is 0 Å². The number of rotatable bonds is 8. The van der Waals surface area contributed by atoms with Crippen molar-refractivity contribution < 1.29 is 4.52 Å². The first-order chi connectivity index (χ1) is 9.30. The number of nitrogens with zero attached hydrogens (tertiary/aromatic N) is 2. The van der Waals surface area contributed by atoms with E-state index in [1.54, 1.807) is 0 Å². The Bertz CT molecular complexity index is 385. The predicted molar refractivity (Wildman–Crippen MR) is 86.0 cm³/mol. The zero-order valence-corrected chi connectivity index (χ0v) is 14.5. The van der Waals surface area contributed by atoms with E-state index in [1.165, 1.54) is 0 Å². The van der Waals surface area contributed by atoms with E-state index in [-0.39, 0.29) is 4.75 Å². The van der Waals surface area contributed by atoms with Crippen molar-refractivity contribution in [2.45, 2.75) is 70.9 Å². The highest BCUT2D eigenvalue weighted by Crippen LogP contribution is 2.26. The molecule has 0 saturated carbocycles. The van der Waals surface area contributed by atoms with Gasteiger partial charge in [0.2, 0.25) is 5.89 Å². The van der Waals surface area contributed by atoms with E-state index in [2.05, 4.69) is 57.0 Å². The number of aromatic nitrogens is 2. The first kappa shape index (κ1) is 17.5. The molecular formula is C15H29N3OS. The molecular weight excluding hydrogens is 270 g/mol. The highest BCUT2D eigenvalue weighted by molar-refractivity contribution is 7.99. The lowest BCUT2D eigenvalue weighted by atomic mass is 10.0. The summed E-state index contributed by atoms with van der Waals surface area (Å²) >= 11 is 1.84. The molecule has 0 spiro atoms. The minimum atomic E-state index is 0.227. The zero-order chi connectivity index (χ0) is 15.2. The van der Waals surface area contributed by atoms with Gasteiger partial charge >= 0.3 is 0 Å². The molecule has 0 aromatic carbocycles. The molecule has 1 aromatic rings. The minimum absolute atomic E-state index is 0.227. The van der Waals surface area contributed by atoms with Crippen LogP contribution in [0.15, 0.2) is 4.52 Å². The normalized spacial score (nSPS) is 13.9. The van der Waals surface area contributed by atoms with Crippen LogP contribution < -0.4 is 5.32 Å². The Morgan fingerprint density at radius 1 is 1.30 bits per heavy atom. The van der Waals surface area contributed by atoms with Gasteiger partial charge in [-0.25, -0.2) is 0 Å². The quantitative estimate of drug-likeness (QED) is 0.793. The summed E-state index contributed by atoms with van der Waals surface area (Å²) in [4.78, 5) is 4.50. The number of thioether (sulfide) groups is 1. The topological polar surface area (TPSA) is 51.0 Å².